The van der Waals surface area contributed by atoms with E-state index in [9.17, 15) is 9.59 Å². The fourth-order valence-electron chi connectivity index (χ4n) is 5.60. The third-order valence-corrected chi connectivity index (χ3v) is 8.97. The molecule has 2 heterocycles. The first-order valence-corrected chi connectivity index (χ1v) is 13.1. The molecular weight excluding hydrogens is 440 g/mol. The van der Waals surface area contributed by atoms with Crippen molar-refractivity contribution in [3.63, 3.8) is 0 Å². The van der Waals surface area contributed by atoms with Crippen LogP contribution in [-0.4, -0.2) is 21.6 Å². The van der Waals surface area contributed by atoms with Gasteiger partial charge in [0.15, 0.2) is 11.0 Å². The van der Waals surface area contributed by atoms with Crippen LogP contribution in [0, 0.1) is 40.5 Å². The van der Waals surface area contributed by atoms with Crippen LogP contribution in [0.4, 0.5) is 10.5 Å². The third kappa shape index (κ3) is 3.84. The van der Waals surface area contributed by atoms with Crippen LogP contribution in [0.3, 0.4) is 0 Å². The summed E-state index contributed by atoms with van der Waals surface area (Å²) in [5, 5.41) is 0.918. The molecule has 0 saturated carbocycles. The maximum atomic E-state index is 14.0. The molecule has 0 N–H and O–H groups in total. The van der Waals surface area contributed by atoms with Gasteiger partial charge in [-0.2, -0.15) is 9.37 Å². The van der Waals surface area contributed by atoms with Gasteiger partial charge >= 0.3 is 11.9 Å². The Morgan fingerprint density at radius 3 is 2.29 bits per heavy atom. The quantitative estimate of drug-likeness (QED) is 0.456. The molecule has 2 aromatic carbocycles. The number of thioether (sulfide) groups is 1. The van der Waals surface area contributed by atoms with E-state index in [4.69, 9.17) is 0 Å². The van der Waals surface area contributed by atoms with Gasteiger partial charge in [0.2, 0.25) is 0 Å². The van der Waals surface area contributed by atoms with E-state index >= 15 is 0 Å². The average molecular weight is 474 g/mol. The molecule has 0 saturated heterocycles. The van der Waals surface area contributed by atoms with Crippen molar-refractivity contribution in [3.8, 4) is 0 Å². The van der Waals surface area contributed by atoms with E-state index in [1.807, 2.05) is 29.7 Å². The summed E-state index contributed by atoms with van der Waals surface area (Å²) in [7, 11) is 0. The zero-order valence-corrected chi connectivity index (χ0v) is 21.6. The van der Waals surface area contributed by atoms with Crippen LogP contribution in [-0.2, 0) is 11.3 Å². The number of imide groups is 1. The number of urea groups is 1. The lowest BCUT2D eigenvalue weighted by Gasteiger charge is -2.26. The first-order valence-electron chi connectivity index (χ1n) is 12.3. The molecule has 1 unspecified atom stereocenters. The smallest absolute Gasteiger partial charge is 0.245 e. The van der Waals surface area contributed by atoms with Crippen LogP contribution in [0.5, 0.6) is 0 Å². The summed E-state index contributed by atoms with van der Waals surface area (Å²) in [6.07, 6.45) is 5.44. The van der Waals surface area contributed by atoms with E-state index in [-0.39, 0.29) is 17.9 Å². The van der Waals surface area contributed by atoms with E-state index in [1.165, 1.54) is 44.1 Å². The molecule has 3 aliphatic rings. The summed E-state index contributed by atoms with van der Waals surface area (Å²) in [4.78, 5) is 30.8. The minimum atomic E-state index is -0.330. The molecule has 0 aromatic heterocycles. The number of rotatable bonds is 3. The van der Waals surface area contributed by atoms with Crippen LogP contribution in [0.25, 0.3) is 0 Å². The first kappa shape index (κ1) is 23.1. The first-order chi connectivity index (χ1) is 16.3. The predicted octanol–water partition coefficient (Wildman–Crippen LogP) is 6.89. The van der Waals surface area contributed by atoms with E-state index in [2.05, 4.69) is 39.8 Å². The van der Waals surface area contributed by atoms with Gasteiger partial charge in [0.05, 0.1) is 0 Å². The lowest BCUT2D eigenvalue weighted by Crippen LogP contribution is -2.53. The van der Waals surface area contributed by atoms with Gasteiger partial charge in [-0.3, -0.25) is 0 Å². The highest BCUT2D eigenvalue weighted by Gasteiger charge is 2.54. The number of nitrogens with zero attached hydrogens (tertiary/aromatic N) is 2. The molecule has 3 amide bonds. The van der Waals surface area contributed by atoms with Gasteiger partial charge in [-0.05, 0) is 111 Å². The number of benzene rings is 2. The number of anilines is 1. The fourth-order valence-corrected chi connectivity index (χ4v) is 7.07. The number of carbonyl (C=O) groups is 2. The van der Waals surface area contributed by atoms with E-state index in [1.54, 1.807) is 11.8 Å². The maximum Gasteiger partial charge on any atom is 0.506 e. The lowest BCUT2D eigenvalue weighted by atomic mass is 9.92. The molecule has 0 spiro atoms. The van der Waals surface area contributed by atoms with Gasteiger partial charge in [-0.25, -0.2) is 4.79 Å². The molecule has 176 valence electrons. The molecule has 2 aliphatic heterocycles. The number of allylic oxidation sites excluding steroid dienone is 1. The molecule has 0 fully saturated rings. The van der Waals surface area contributed by atoms with Gasteiger partial charge in [0, 0.05) is 0 Å². The summed E-state index contributed by atoms with van der Waals surface area (Å²) >= 11 is 1.70. The Kier molecular flexibility index (Phi) is 6.01. The van der Waals surface area contributed by atoms with Crippen molar-refractivity contribution in [1.29, 1.82) is 0 Å². The molecule has 4 nitrogen and oxygen atoms in total. The molecule has 5 rings (SSSR count). The molecule has 0 radical (unpaired) electrons. The van der Waals surface area contributed by atoms with Crippen molar-refractivity contribution in [2.75, 3.05) is 4.90 Å². The summed E-state index contributed by atoms with van der Waals surface area (Å²) in [6, 6.07) is 10.0. The minimum Gasteiger partial charge on any atom is -0.245 e. The minimum absolute atomic E-state index is 0.0868. The highest BCUT2D eigenvalue weighted by Crippen LogP contribution is 2.47. The van der Waals surface area contributed by atoms with Gasteiger partial charge in [0.25, 0.3) is 0 Å². The zero-order chi connectivity index (χ0) is 24.1. The monoisotopic (exact) mass is 473 g/mol. The maximum absolute atomic E-state index is 14.0. The number of fused-ring (bicyclic) bond motifs is 2. The van der Waals surface area contributed by atoms with Crippen molar-refractivity contribution >= 4 is 34.4 Å². The highest BCUT2D eigenvalue weighted by molar-refractivity contribution is 8.17. The number of hydrogen-bond acceptors (Lipinski definition) is 3. The standard InChI is InChI=1S/C29H33N2O2S/c1-17-13-20(4)24(21(5)14-17)16-30-28-26(23-9-7-6-8-10-25(23)34-28)27(32)31(29(30)33)22-12-11-18(2)19(3)15-22/h11-15,26H,6-10,16H2,1-5H3/q+1. The summed E-state index contributed by atoms with van der Waals surface area (Å²) in [6.45, 7) is 10.9. The van der Waals surface area contributed by atoms with E-state index < -0.39 is 0 Å². The van der Waals surface area contributed by atoms with Crippen LogP contribution < -0.4 is 4.90 Å². The van der Waals surface area contributed by atoms with Crippen LogP contribution in [0.1, 0.15) is 65.5 Å². The largest absolute Gasteiger partial charge is 0.506 e. The van der Waals surface area contributed by atoms with Crippen molar-refractivity contribution in [1.82, 2.24) is 0 Å². The van der Waals surface area contributed by atoms with Crippen molar-refractivity contribution in [3.05, 3.63) is 74.2 Å². The number of aryl methyl sites for hydroxylation is 5. The zero-order valence-electron chi connectivity index (χ0n) is 20.8. The topological polar surface area (TPSA) is 40.4 Å². The Bertz CT molecular complexity index is 1260. The van der Waals surface area contributed by atoms with Gasteiger partial charge in [-0.1, -0.05) is 41.9 Å². The Morgan fingerprint density at radius 2 is 1.59 bits per heavy atom. The summed E-state index contributed by atoms with van der Waals surface area (Å²) in [5.74, 6) is -0.417. The Morgan fingerprint density at radius 1 is 0.882 bits per heavy atom. The fraction of sp³-hybridized carbons (Fsp3) is 0.414. The molecule has 1 atom stereocenters. The SMILES string of the molecule is Cc1cc(C)c(C[N+]2=C3SC4=C(CCCCC4)C3C(=O)N(c3ccc(C)c(C)c3)C2=O)c(C)c1. The van der Waals surface area contributed by atoms with Crippen LogP contribution in [0.2, 0.25) is 0 Å². The summed E-state index contributed by atoms with van der Waals surface area (Å²) in [5.41, 5.74) is 8.94. The van der Waals surface area contributed by atoms with Crippen LogP contribution >= 0.6 is 11.8 Å². The second kappa shape index (κ2) is 8.84. The highest BCUT2D eigenvalue weighted by atomic mass is 32.2. The summed E-state index contributed by atoms with van der Waals surface area (Å²) < 4.78 is 1.89. The molecule has 1 aliphatic carbocycles. The Balaban J connectivity index is 1.66. The number of amides is 3. The van der Waals surface area contributed by atoms with Crippen molar-refractivity contribution in [2.45, 2.75) is 73.3 Å². The number of hydrogen-bond donors (Lipinski definition) is 0. The van der Waals surface area contributed by atoms with Gasteiger partial charge in [0.1, 0.15) is 12.2 Å². The predicted molar refractivity (Wildman–Crippen MR) is 140 cm³/mol. The van der Waals surface area contributed by atoms with Crippen molar-refractivity contribution < 1.29 is 14.2 Å². The van der Waals surface area contributed by atoms with E-state index in [0.717, 1.165) is 41.9 Å². The second-order valence-electron chi connectivity index (χ2n) is 10.1. The molecule has 34 heavy (non-hydrogen) atoms. The molecule has 5 heteroatoms. The molecule has 0 bridgehead atoms. The van der Waals surface area contributed by atoms with Gasteiger partial charge in [-0.15, -0.1) is 4.90 Å². The molecular formula is C29H33N2O2S+. The average Bonchev–Trinajstić information content (AvgIpc) is 2.97. The molecule has 2 aromatic rings. The Labute approximate surface area is 206 Å². The second-order valence-corrected chi connectivity index (χ2v) is 11.2. The number of carbonyl (C=O) groups excluding carboxylic acids is 2. The van der Waals surface area contributed by atoms with Crippen LogP contribution in [0.15, 0.2) is 40.8 Å². The normalized spacial score (nSPS) is 20.6. The van der Waals surface area contributed by atoms with Gasteiger partial charge < -0.3 is 0 Å². The lowest BCUT2D eigenvalue weighted by molar-refractivity contribution is -0.443. The van der Waals surface area contributed by atoms with E-state index in [0.29, 0.717) is 12.2 Å². The Hall–Kier alpha value is -2.66. The van der Waals surface area contributed by atoms with Crippen molar-refractivity contribution in [2.24, 2.45) is 5.92 Å². The third-order valence-electron chi connectivity index (χ3n) is 7.59.